The Morgan fingerprint density at radius 3 is 2.83 bits per heavy atom. The highest BCUT2D eigenvalue weighted by Gasteiger charge is 2.39. The smallest absolute Gasteiger partial charge is 0.337 e. The molecule has 1 saturated carbocycles. The molecule has 7 heteroatoms. The first-order valence-electron chi connectivity index (χ1n) is 7.45. The fourth-order valence-corrected chi connectivity index (χ4v) is 4.40. The number of hydrogen-bond donors (Lipinski definition) is 1. The molecule has 0 saturated heterocycles. The maximum absolute atomic E-state index is 12.6. The molecule has 124 valence electrons. The first-order chi connectivity index (χ1) is 10.8. The second-order valence-electron chi connectivity index (χ2n) is 6.02. The van der Waals surface area contributed by atoms with Crippen LogP contribution in [0.1, 0.15) is 43.0 Å². The number of rotatable bonds is 4. The number of methoxy groups -OCH3 is 1. The predicted molar refractivity (Wildman–Crippen MR) is 84.1 cm³/mol. The van der Waals surface area contributed by atoms with E-state index in [4.69, 9.17) is 0 Å². The molecule has 6 nitrogen and oxygen atoms in total. The first kappa shape index (κ1) is 17.4. The summed E-state index contributed by atoms with van der Waals surface area (Å²) in [4.78, 5) is 11.5. The van der Waals surface area contributed by atoms with E-state index >= 15 is 0 Å². The highest BCUT2D eigenvalue weighted by Crippen LogP contribution is 2.33. The molecular weight excluding hydrogens is 316 g/mol. The van der Waals surface area contributed by atoms with Crippen molar-refractivity contribution in [3.05, 3.63) is 29.8 Å². The van der Waals surface area contributed by atoms with Crippen molar-refractivity contribution in [2.45, 2.75) is 43.0 Å². The lowest BCUT2D eigenvalue weighted by Crippen LogP contribution is -2.49. The molecule has 2 atom stereocenters. The Bertz CT molecular complexity index is 739. The molecule has 2 rings (SSSR count). The van der Waals surface area contributed by atoms with Crippen molar-refractivity contribution in [1.82, 2.24) is 4.72 Å². The number of benzene rings is 1. The lowest BCUT2D eigenvalue weighted by molar-refractivity contribution is 0.0600. The third kappa shape index (κ3) is 3.89. The number of carbonyl (C=O) groups excluding carboxylic acids is 1. The summed E-state index contributed by atoms with van der Waals surface area (Å²) in [5.41, 5.74) is -0.934. The number of carbonyl (C=O) groups is 1. The molecule has 0 radical (unpaired) electrons. The van der Waals surface area contributed by atoms with Crippen molar-refractivity contribution < 1.29 is 17.9 Å². The van der Waals surface area contributed by atoms with Crippen LogP contribution in [0.25, 0.3) is 0 Å². The number of hydrogen-bond acceptors (Lipinski definition) is 5. The first-order valence-corrected chi connectivity index (χ1v) is 8.94. The van der Waals surface area contributed by atoms with Gasteiger partial charge < -0.3 is 4.74 Å². The lowest BCUT2D eigenvalue weighted by Gasteiger charge is -2.34. The standard InChI is InChI=1S/C16H20N2O4S/c1-12-5-4-8-16(10-12,11-17)18-23(20,21)14-7-3-6-13(9-14)15(19)22-2/h3,6-7,9,12,18H,4-5,8,10H2,1-2H3/t12-,16+/m1/s1. The van der Waals surface area contributed by atoms with E-state index < -0.39 is 21.5 Å². The van der Waals surface area contributed by atoms with E-state index in [0.29, 0.717) is 12.8 Å². The quantitative estimate of drug-likeness (QED) is 0.851. The molecule has 0 aliphatic heterocycles. The summed E-state index contributed by atoms with van der Waals surface area (Å²) in [6.07, 6.45) is 2.77. The largest absolute Gasteiger partial charge is 0.465 e. The van der Waals surface area contributed by atoms with Crippen molar-refractivity contribution >= 4 is 16.0 Å². The van der Waals surface area contributed by atoms with Gasteiger partial charge in [0.05, 0.1) is 23.6 Å². The Hall–Kier alpha value is -1.91. The van der Waals surface area contributed by atoms with E-state index in [1.165, 1.54) is 31.4 Å². The van der Waals surface area contributed by atoms with Gasteiger partial charge in [-0.1, -0.05) is 25.8 Å². The molecule has 0 unspecified atom stereocenters. The zero-order chi connectivity index (χ0) is 17.1. The minimum Gasteiger partial charge on any atom is -0.465 e. The summed E-state index contributed by atoms with van der Waals surface area (Å²) in [7, 11) is -2.67. The molecule has 0 bridgehead atoms. The molecule has 0 heterocycles. The molecule has 0 spiro atoms. The average Bonchev–Trinajstić information content (AvgIpc) is 2.53. The third-order valence-corrected chi connectivity index (χ3v) is 5.64. The summed E-state index contributed by atoms with van der Waals surface area (Å²) in [6, 6.07) is 7.75. The van der Waals surface area contributed by atoms with Crippen LogP contribution in [0.5, 0.6) is 0 Å². The summed E-state index contributed by atoms with van der Waals surface area (Å²) in [5.74, 6) is -0.323. The SMILES string of the molecule is COC(=O)c1cccc(S(=O)(=O)N[C@@]2(C#N)CCC[C@@H](C)C2)c1. The minimum absolute atomic E-state index is 0.0479. The summed E-state index contributed by atoms with van der Waals surface area (Å²) < 4.78 is 32.4. The zero-order valence-corrected chi connectivity index (χ0v) is 14.0. The molecule has 23 heavy (non-hydrogen) atoms. The van der Waals surface area contributed by atoms with Crippen molar-refractivity contribution in [2.75, 3.05) is 7.11 Å². The Morgan fingerprint density at radius 1 is 1.48 bits per heavy atom. The molecule has 1 aromatic rings. The van der Waals surface area contributed by atoms with Gasteiger partial charge in [-0.25, -0.2) is 13.2 Å². The monoisotopic (exact) mass is 336 g/mol. The van der Waals surface area contributed by atoms with Gasteiger partial charge in [0.15, 0.2) is 0 Å². The Balaban J connectivity index is 2.31. The third-order valence-electron chi connectivity index (χ3n) is 4.11. The molecule has 1 aromatic carbocycles. The highest BCUT2D eigenvalue weighted by molar-refractivity contribution is 7.89. The van der Waals surface area contributed by atoms with Crippen LogP contribution in [-0.4, -0.2) is 27.0 Å². The minimum atomic E-state index is -3.90. The number of sulfonamides is 1. The molecule has 1 aliphatic rings. The van der Waals surface area contributed by atoms with E-state index in [-0.39, 0.29) is 16.4 Å². The maximum atomic E-state index is 12.6. The van der Waals surface area contributed by atoms with Crippen molar-refractivity contribution in [3.8, 4) is 6.07 Å². The van der Waals surface area contributed by atoms with Crippen LogP contribution in [0.2, 0.25) is 0 Å². The van der Waals surface area contributed by atoms with E-state index in [0.717, 1.165) is 12.8 Å². The Kier molecular flexibility index (Phi) is 5.07. The molecule has 1 fully saturated rings. The van der Waals surface area contributed by atoms with E-state index in [1.807, 2.05) is 6.92 Å². The Labute approximate surface area is 136 Å². The fourth-order valence-electron chi connectivity index (χ4n) is 2.99. The van der Waals surface area contributed by atoms with Crippen molar-refractivity contribution in [1.29, 1.82) is 5.26 Å². The van der Waals surface area contributed by atoms with Crippen LogP contribution in [0.3, 0.4) is 0 Å². The van der Waals surface area contributed by atoms with Gasteiger partial charge in [0, 0.05) is 0 Å². The molecule has 1 aliphatic carbocycles. The van der Waals surface area contributed by atoms with Gasteiger partial charge in [-0.3, -0.25) is 0 Å². The Morgan fingerprint density at radius 2 is 2.22 bits per heavy atom. The van der Waals surface area contributed by atoms with E-state index in [1.54, 1.807) is 0 Å². The summed E-state index contributed by atoms with van der Waals surface area (Å²) in [5, 5.41) is 9.50. The number of nitrogens with zero attached hydrogens (tertiary/aromatic N) is 1. The zero-order valence-electron chi connectivity index (χ0n) is 13.2. The summed E-state index contributed by atoms with van der Waals surface area (Å²) in [6.45, 7) is 2.01. The summed E-state index contributed by atoms with van der Waals surface area (Å²) >= 11 is 0. The molecule has 0 amide bonds. The topological polar surface area (TPSA) is 96.3 Å². The normalized spacial score (nSPS) is 24.7. The molecule has 0 aromatic heterocycles. The van der Waals surface area contributed by atoms with Crippen molar-refractivity contribution in [2.24, 2.45) is 5.92 Å². The van der Waals surface area contributed by atoms with E-state index in [2.05, 4.69) is 15.5 Å². The lowest BCUT2D eigenvalue weighted by atomic mass is 9.78. The van der Waals surface area contributed by atoms with Gasteiger partial charge in [-0.2, -0.15) is 9.98 Å². The fraction of sp³-hybridized carbons (Fsp3) is 0.500. The van der Waals surface area contributed by atoms with Crippen LogP contribution in [-0.2, 0) is 14.8 Å². The van der Waals surface area contributed by atoms with Crippen LogP contribution in [0.4, 0.5) is 0 Å². The molecule has 1 N–H and O–H groups in total. The van der Waals surface area contributed by atoms with Gasteiger partial charge in [0.25, 0.3) is 0 Å². The van der Waals surface area contributed by atoms with Gasteiger partial charge in [-0.15, -0.1) is 0 Å². The highest BCUT2D eigenvalue weighted by atomic mass is 32.2. The number of nitriles is 1. The second kappa shape index (κ2) is 6.69. The van der Waals surface area contributed by atoms with E-state index in [9.17, 15) is 18.5 Å². The maximum Gasteiger partial charge on any atom is 0.337 e. The number of ether oxygens (including phenoxy) is 1. The van der Waals surface area contributed by atoms with Crippen molar-refractivity contribution in [3.63, 3.8) is 0 Å². The number of nitrogens with one attached hydrogen (secondary N) is 1. The average molecular weight is 336 g/mol. The van der Waals surface area contributed by atoms with Crippen LogP contribution >= 0.6 is 0 Å². The number of esters is 1. The van der Waals surface area contributed by atoms with Gasteiger partial charge >= 0.3 is 5.97 Å². The van der Waals surface area contributed by atoms with Crippen LogP contribution in [0.15, 0.2) is 29.2 Å². The van der Waals surface area contributed by atoms with Crippen LogP contribution < -0.4 is 4.72 Å². The predicted octanol–water partition coefficient (Wildman–Crippen LogP) is 2.22. The van der Waals surface area contributed by atoms with Crippen LogP contribution in [0, 0.1) is 17.2 Å². The second-order valence-corrected chi connectivity index (χ2v) is 7.70. The van der Waals surface area contributed by atoms with Gasteiger partial charge in [-0.05, 0) is 37.0 Å². The van der Waals surface area contributed by atoms with Gasteiger partial charge in [0.1, 0.15) is 5.54 Å². The van der Waals surface area contributed by atoms with Gasteiger partial charge in [0.2, 0.25) is 10.0 Å². The molecular formula is C16H20N2O4S.